The van der Waals surface area contributed by atoms with E-state index in [9.17, 15) is 18.0 Å². The number of nitrogens with one attached hydrogen (secondary N) is 2. The van der Waals surface area contributed by atoms with Crippen LogP contribution in [0.1, 0.15) is 39.4 Å². The van der Waals surface area contributed by atoms with Crippen molar-refractivity contribution in [1.82, 2.24) is 4.31 Å². The molecule has 0 aliphatic carbocycles. The molecule has 13 heteroatoms. The Morgan fingerprint density at radius 2 is 1.77 bits per heavy atom. The molecule has 0 unspecified atom stereocenters. The SMILES string of the molecule is CCOC(=O)c1sc(NC(=S)Nc2cccc(S(=O)(=O)N3CCOCC3)c2)c(C(=O)OCC)c1C. The summed E-state index contributed by atoms with van der Waals surface area (Å²) in [6, 6.07) is 6.27. The zero-order chi connectivity index (χ0) is 25.6. The second kappa shape index (κ2) is 11.9. The van der Waals surface area contributed by atoms with Gasteiger partial charge in [0.25, 0.3) is 0 Å². The average Bonchev–Trinajstić information content (AvgIpc) is 3.15. The van der Waals surface area contributed by atoms with Crippen LogP contribution < -0.4 is 10.6 Å². The third-order valence-electron chi connectivity index (χ3n) is 5.01. The molecular weight excluding hydrogens is 514 g/mol. The molecule has 0 saturated carbocycles. The second-order valence-electron chi connectivity index (χ2n) is 7.32. The molecule has 1 saturated heterocycles. The first-order valence-corrected chi connectivity index (χ1v) is 13.6. The Kier molecular flexibility index (Phi) is 9.19. The maximum atomic E-state index is 13.0. The van der Waals surface area contributed by atoms with Crippen LogP contribution in [0.3, 0.4) is 0 Å². The first-order chi connectivity index (χ1) is 16.7. The number of nitrogens with zero attached hydrogens (tertiary/aromatic N) is 1. The molecule has 1 fully saturated rings. The molecular formula is C22H27N3O7S3. The van der Waals surface area contributed by atoms with Crippen LogP contribution in [-0.4, -0.2) is 69.3 Å². The highest BCUT2D eigenvalue weighted by atomic mass is 32.2. The Morgan fingerprint density at radius 3 is 2.43 bits per heavy atom. The summed E-state index contributed by atoms with van der Waals surface area (Å²) in [7, 11) is -3.68. The number of hydrogen-bond acceptors (Lipinski definition) is 9. The standard InChI is InChI=1S/C22H27N3O7S3/c1-4-31-20(26)17-14(3)18(21(27)32-5-2)34-19(17)24-22(33)23-15-7-6-8-16(13-15)35(28,29)25-9-11-30-12-10-25/h6-8,13H,4-5,9-12H2,1-3H3,(H2,23,24,33). The van der Waals surface area contributed by atoms with Gasteiger partial charge < -0.3 is 24.8 Å². The van der Waals surface area contributed by atoms with Crippen LogP contribution in [0.2, 0.25) is 0 Å². The van der Waals surface area contributed by atoms with E-state index in [1.54, 1.807) is 32.9 Å². The van der Waals surface area contributed by atoms with Crippen LogP contribution >= 0.6 is 23.6 Å². The van der Waals surface area contributed by atoms with Gasteiger partial charge in [0.1, 0.15) is 9.88 Å². The third-order valence-corrected chi connectivity index (χ3v) is 8.30. The molecule has 0 amide bonds. The quantitative estimate of drug-likeness (QED) is 0.380. The number of esters is 2. The fourth-order valence-corrected chi connectivity index (χ4v) is 6.21. The summed E-state index contributed by atoms with van der Waals surface area (Å²) in [5, 5.41) is 6.29. The maximum Gasteiger partial charge on any atom is 0.348 e. The molecule has 0 radical (unpaired) electrons. The van der Waals surface area contributed by atoms with Crippen LogP contribution in [-0.2, 0) is 24.2 Å². The molecule has 35 heavy (non-hydrogen) atoms. The summed E-state index contributed by atoms with van der Waals surface area (Å²) in [5.41, 5.74) is 1.05. The summed E-state index contributed by atoms with van der Waals surface area (Å²) in [5.74, 6) is -1.14. The van der Waals surface area contributed by atoms with Crippen LogP contribution in [0, 0.1) is 6.92 Å². The van der Waals surface area contributed by atoms with Crippen molar-refractivity contribution < 1.29 is 32.2 Å². The number of thiocarbonyl (C=S) groups is 1. The monoisotopic (exact) mass is 541 g/mol. The summed E-state index contributed by atoms with van der Waals surface area (Å²) in [4.78, 5) is 25.3. The number of ether oxygens (including phenoxy) is 3. The number of carbonyl (C=O) groups is 2. The number of rotatable bonds is 8. The molecule has 0 spiro atoms. The van der Waals surface area contributed by atoms with Crippen molar-refractivity contribution in [3.63, 3.8) is 0 Å². The van der Waals surface area contributed by atoms with E-state index in [4.69, 9.17) is 26.4 Å². The zero-order valence-corrected chi connectivity index (χ0v) is 22.0. The van der Waals surface area contributed by atoms with E-state index in [1.165, 1.54) is 16.4 Å². The molecule has 1 aromatic carbocycles. The van der Waals surface area contributed by atoms with E-state index in [0.29, 0.717) is 29.5 Å². The van der Waals surface area contributed by atoms with Crippen molar-refractivity contribution in [1.29, 1.82) is 0 Å². The first-order valence-electron chi connectivity index (χ1n) is 10.9. The topological polar surface area (TPSA) is 123 Å². The van der Waals surface area contributed by atoms with E-state index in [0.717, 1.165) is 11.3 Å². The van der Waals surface area contributed by atoms with Gasteiger partial charge in [-0.25, -0.2) is 18.0 Å². The summed E-state index contributed by atoms with van der Waals surface area (Å²) in [6.45, 7) is 6.64. The van der Waals surface area contributed by atoms with E-state index in [2.05, 4.69) is 10.6 Å². The smallest absolute Gasteiger partial charge is 0.348 e. The molecule has 3 rings (SSSR count). The largest absolute Gasteiger partial charge is 0.462 e. The lowest BCUT2D eigenvalue weighted by Crippen LogP contribution is -2.40. The molecule has 0 bridgehead atoms. The van der Waals surface area contributed by atoms with E-state index in [1.807, 2.05) is 0 Å². The number of hydrogen-bond donors (Lipinski definition) is 2. The summed E-state index contributed by atoms with van der Waals surface area (Å²) in [6.07, 6.45) is 0. The molecule has 1 aromatic heterocycles. The Balaban J connectivity index is 1.82. The van der Waals surface area contributed by atoms with Gasteiger partial charge in [0.2, 0.25) is 10.0 Å². The zero-order valence-electron chi connectivity index (χ0n) is 19.6. The van der Waals surface area contributed by atoms with E-state index in [-0.39, 0.29) is 46.8 Å². The van der Waals surface area contributed by atoms with Gasteiger partial charge in [-0.05, 0) is 56.8 Å². The van der Waals surface area contributed by atoms with Crippen molar-refractivity contribution in [2.24, 2.45) is 0 Å². The number of carbonyl (C=O) groups excluding carboxylic acids is 2. The Bertz CT molecular complexity index is 1200. The number of morpholine rings is 1. The van der Waals surface area contributed by atoms with Gasteiger partial charge in [-0.3, -0.25) is 0 Å². The number of thiophene rings is 1. The minimum Gasteiger partial charge on any atom is -0.462 e. The summed E-state index contributed by atoms with van der Waals surface area (Å²) < 4.78 is 42.8. The fourth-order valence-electron chi connectivity index (χ4n) is 3.38. The predicted molar refractivity (Wildman–Crippen MR) is 137 cm³/mol. The van der Waals surface area contributed by atoms with Crippen LogP contribution in [0.4, 0.5) is 10.7 Å². The van der Waals surface area contributed by atoms with Gasteiger partial charge in [0.15, 0.2) is 5.11 Å². The minimum atomic E-state index is -3.68. The molecule has 190 valence electrons. The van der Waals surface area contributed by atoms with Gasteiger partial charge in [0.05, 0.1) is 36.9 Å². The molecule has 10 nitrogen and oxygen atoms in total. The lowest BCUT2D eigenvalue weighted by Gasteiger charge is -2.26. The van der Waals surface area contributed by atoms with Crippen LogP contribution in [0.5, 0.6) is 0 Å². The third kappa shape index (κ3) is 6.35. The van der Waals surface area contributed by atoms with Crippen LogP contribution in [0.15, 0.2) is 29.2 Å². The predicted octanol–water partition coefficient (Wildman–Crippen LogP) is 3.24. The van der Waals surface area contributed by atoms with Crippen molar-refractivity contribution >= 4 is 61.3 Å². The van der Waals surface area contributed by atoms with Gasteiger partial charge in [-0.2, -0.15) is 4.31 Å². The molecule has 2 aromatic rings. The summed E-state index contributed by atoms with van der Waals surface area (Å²) >= 11 is 6.42. The fraction of sp³-hybridized carbons (Fsp3) is 0.409. The molecule has 0 atom stereocenters. The van der Waals surface area contributed by atoms with Crippen molar-refractivity contribution in [2.75, 3.05) is 50.2 Å². The highest BCUT2D eigenvalue weighted by molar-refractivity contribution is 7.89. The maximum absolute atomic E-state index is 13.0. The second-order valence-corrected chi connectivity index (χ2v) is 10.7. The lowest BCUT2D eigenvalue weighted by molar-refractivity contribution is 0.0527. The van der Waals surface area contributed by atoms with E-state index < -0.39 is 22.0 Å². The van der Waals surface area contributed by atoms with Gasteiger partial charge in [-0.1, -0.05) is 6.07 Å². The van der Waals surface area contributed by atoms with Gasteiger partial charge in [-0.15, -0.1) is 11.3 Å². The highest BCUT2D eigenvalue weighted by Crippen LogP contribution is 2.34. The van der Waals surface area contributed by atoms with E-state index >= 15 is 0 Å². The number of anilines is 2. The molecule has 2 N–H and O–H groups in total. The average molecular weight is 542 g/mol. The lowest BCUT2D eigenvalue weighted by atomic mass is 10.1. The Labute approximate surface area is 213 Å². The number of sulfonamides is 1. The Morgan fingerprint density at radius 1 is 1.11 bits per heavy atom. The molecule has 1 aliphatic heterocycles. The number of benzene rings is 1. The van der Waals surface area contributed by atoms with Crippen molar-refractivity contribution in [2.45, 2.75) is 25.7 Å². The Hall–Kier alpha value is -2.58. The first kappa shape index (κ1) is 27.0. The minimum absolute atomic E-state index is 0.105. The van der Waals surface area contributed by atoms with Crippen molar-refractivity contribution in [3.8, 4) is 0 Å². The van der Waals surface area contributed by atoms with Crippen molar-refractivity contribution in [3.05, 3.63) is 40.3 Å². The van der Waals surface area contributed by atoms with Gasteiger partial charge >= 0.3 is 11.9 Å². The van der Waals surface area contributed by atoms with Crippen LogP contribution in [0.25, 0.3) is 0 Å². The molecule has 2 heterocycles. The highest BCUT2D eigenvalue weighted by Gasteiger charge is 2.28. The molecule has 1 aliphatic rings. The van der Waals surface area contributed by atoms with Gasteiger partial charge in [0, 0.05) is 18.8 Å². The normalized spacial score (nSPS) is 14.3.